The van der Waals surface area contributed by atoms with E-state index in [0.717, 1.165) is 21.8 Å². The first kappa shape index (κ1) is 12.0. The third-order valence-electron chi connectivity index (χ3n) is 2.89. The van der Waals surface area contributed by atoms with E-state index in [1.807, 2.05) is 30.3 Å². The van der Waals surface area contributed by atoms with Crippen LogP contribution in [0.4, 0.5) is 5.69 Å². The van der Waals surface area contributed by atoms with Gasteiger partial charge in [0.25, 0.3) is 0 Å². The molecule has 0 aliphatic heterocycles. The fourth-order valence-corrected chi connectivity index (χ4v) is 2.05. The predicted molar refractivity (Wildman–Crippen MR) is 75.4 cm³/mol. The lowest BCUT2D eigenvalue weighted by Crippen LogP contribution is -1.96. The first-order valence-electron chi connectivity index (χ1n) is 5.73. The lowest BCUT2D eigenvalue weighted by Gasteiger charge is -2.11. The number of anilines is 1. The third-order valence-corrected chi connectivity index (χ3v) is 3.14. The molecule has 2 N–H and O–H groups in total. The molecule has 17 heavy (non-hydrogen) atoms. The quantitative estimate of drug-likeness (QED) is 0.762. The molecule has 2 aromatic carbocycles. The summed E-state index contributed by atoms with van der Waals surface area (Å²) in [5.41, 5.74) is 10.4. The fraction of sp³-hybridized carbons (Fsp3) is 0.200. The third kappa shape index (κ3) is 2.62. The van der Waals surface area contributed by atoms with Crippen molar-refractivity contribution < 1.29 is 0 Å². The van der Waals surface area contributed by atoms with Crippen LogP contribution in [0.3, 0.4) is 0 Å². The average Bonchev–Trinajstić information content (AvgIpc) is 2.29. The van der Waals surface area contributed by atoms with E-state index in [2.05, 4.69) is 26.0 Å². The topological polar surface area (TPSA) is 26.0 Å². The van der Waals surface area contributed by atoms with Gasteiger partial charge in [-0.1, -0.05) is 49.7 Å². The summed E-state index contributed by atoms with van der Waals surface area (Å²) in [7, 11) is 0. The molecular formula is C15H16ClN. The monoisotopic (exact) mass is 245 g/mol. The van der Waals surface area contributed by atoms with Crippen LogP contribution in [0, 0.1) is 0 Å². The molecule has 0 bridgehead atoms. The Balaban J connectivity index is 2.41. The Morgan fingerprint density at radius 1 is 0.941 bits per heavy atom. The molecule has 0 aliphatic rings. The van der Waals surface area contributed by atoms with Crippen molar-refractivity contribution in [3.05, 3.63) is 53.1 Å². The van der Waals surface area contributed by atoms with Crippen LogP contribution in [-0.2, 0) is 0 Å². The van der Waals surface area contributed by atoms with Crippen LogP contribution in [0.25, 0.3) is 11.1 Å². The Morgan fingerprint density at radius 3 is 2.06 bits per heavy atom. The SMILES string of the molecule is CC(C)c1ccc(-c2ccc(Cl)cc2)cc1N. The number of halogens is 1. The summed E-state index contributed by atoms with van der Waals surface area (Å²) in [6.07, 6.45) is 0. The summed E-state index contributed by atoms with van der Waals surface area (Å²) in [5, 5.41) is 0.750. The molecule has 2 heteroatoms. The molecule has 0 saturated heterocycles. The van der Waals surface area contributed by atoms with Gasteiger partial charge in [0.2, 0.25) is 0 Å². The highest BCUT2D eigenvalue weighted by atomic mass is 35.5. The molecule has 0 spiro atoms. The highest BCUT2D eigenvalue weighted by Crippen LogP contribution is 2.28. The Morgan fingerprint density at radius 2 is 1.53 bits per heavy atom. The van der Waals surface area contributed by atoms with Crippen molar-refractivity contribution in [1.29, 1.82) is 0 Å². The Bertz CT molecular complexity index is 515. The summed E-state index contributed by atoms with van der Waals surface area (Å²) in [6, 6.07) is 14.0. The minimum Gasteiger partial charge on any atom is -0.398 e. The standard InChI is InChI=1S/C15H16ClN/c1-10(2)14-8-5-12(9-15(14)17)11-3-6-13(16)7-4-11/h3-10H,17H2,1-2H3. The van der Waals surface area contributed by atoms with E-state index in [1.165, 1.54) is 5.56 Å². The Kier molecular flexibility index (Phi) is 3.39. The predicted octanol–water partition coefficient (Wildman–Crippen LogP) is 4.71. The van der Waals surface area contributed by atoms with Gasteiger partial charge < -0.3 is 5.73 Å². The maximum Gasteiger partial charge on any atom is 0.0406 e. The number of nitrogen functional groups attached to an aromatic ring is 1. The van der Waals surface area contributed by atoms with Crippen molar-refractivity contribution in [3.63, 3.8) is 0 Å². The summed E-state index contributed by atoms with van der Waals surface area (Å²) in [6.45, 7) is 4.29. The van der Waals surface area contributed by atoms with Crippen LogP contribution in [-0.4, -0.2) is 0 Å². The van der Waals surface area contributed by atoms with Gasteiger partial charge in [-0.3, -0.25) is 0 Å². The molecule has 0 aliphatic carbocycles. The number of benzene rings is 2. The van der Waals surface area contributed by atoms with Gasteiger partial charge in [-0.15, -0.1) is 0 Å². The summed E-state index contributed by atoms with van der Waals surface area (Å²) in [4.78, 5) is 0. The molecule has 0 radical (unpaired) electrons. The van der Waals surface area contributed by atoms with Gasteiger partial charge in [-0.05, 0) is 40.8 Å². The summed E-state index contributed by atoms with van der Waals surface area (Å²) in [5.74, 6) is 0.453. The lowest BCUT2D eigenvalue weighted by atomic mass is 9.97. The number of hydrogen-bond acceptors (Lipinski definition) is 1. The average molecular weight is 246 g/mol. The zero-order chi connectivity index (χ0) is 12.4. The molecule has 0 fully saturated rings. The molecule has 0 aromatic heterocycles. The molecule has 0 unspecified atom stereocenters. The Labute approximate surface area is 107 Å². The van der Waals surface area contributed by atoms with Crippen molar-refractivity contribution in [2.24, 2.45) is 0 Å². The first-order chi connectivity index (χ1) is 8.08. The highest BCUT2D eigenvalue weighted by molar-refractivity contribution is 6.30. The second-order valence-electron chi connectivity index (χ2n) is 4.51. The van der Waals surface area contributed by atoms with E-state index in [0.29, 0.717) is 5.92 Å². The largest absolute Gasteiger partial charge is 0.398 e. The van der Waals surface area contributed by atoms with Crippen LogP contribution in [0.5, 0.6) is 0 Å². The highest BCUT2D eigenvalue weighted by Gasteiger charge is 2.05. The van der Waals surface area contributed by atoms with Crippen LogP contribution >= 0.6 is 11.6 Å². The van der Waals surface area contributed by atoms with Gasteiger partial charge in [0.15, 0.2) is 0 Å². The molecule has 0 heterocycles. The minimum atomic E-state index is 0.453. The van der Waals surface area contributed by atoms with Gasteiger partial charge in [0.1, 0.15) is 0 Å². The van der Waals surface area contributed by atoms with E-state index in [-0.39, 0.29) is 0 Å². The van der Waals surface area contributed by atoms with E-state index in [9.17, 15) is 0 Å². The first-order valence-corrected chi connectivity index (χ1v) is 6.11. The number of hydrogen-bond donors (Lipinski definition) is 1. The van der Waals surface area contributed by atoms with Crippen LogP contribution in [0.1, 0.15) is 25.3 Å². The fourth-order valence-electron chi connectivity index (χ4n) is 1.92. The smallest absolute Gasteiger partial charge is 0.0406 e. The molecule has 2 aromatic rings. The van der Waals surface area contributed by atoms with E-state index in [1.54, 1.807) is 0 Å². The number of nitrogens with two attached hydrogens (primary N) is 1. The minimum absolute atomic E-state index is 0.453. The van der Waals surface area contributed by atoms with Crippen LogP contribution < -0.4 is 5.73 Å². The zero-order valence-corrected chi connectivity index (χ0v) is 10.8. The van der Waals surface area contributed by atoms with Crippen molar-refractivity contribution in [3.8, 4) is 11.1 Å². The van der Waals surface area contributed by atoms with Gasteiger partial charge in [0.05, 0.1) is 0 Å². The molecular weight excluding hydrogens is 230 g/mol. The number of rotatable bonds is 2. The van der Waals surface area contributed by atoms with Crippen LogP contribution in [0.15, 0.2) is 42.5 Å². The van der Waals surface area contributed by atoms with Crippen molar-refractivity contribution in [2.75, 3.05) is 5.73 Å². The van der Waals surface area contributed by atoms with Gasteiger partial charge >= 0.3 is 0 Å². The maximum atomic E-state index is 6.06. The molecule has 88 valence electrons. The summed E-state index contributed by atoms with van der Waals surface area (Å²) < 4.78 is 0. The van der Waals surface area contributed by atoms with E-state index >= 15 is 0 Å². The summed E-state index contributed by atoms with van der Waals surface area (Å²) >= 11 is 5.87. The van der Waals surface area contributed by atoms with E-state index in [4.69, 9.17) is 17.3 Å². The van der Waals surface area contributed by atoms with Crippen LogP contribution in [0.2, 0.25) is 5.02 Å². The Hall–Kier alpha value is -1.47. The van der Waals surface area contributed by atoms with Crippen molar-refractivity contribution >= 4 is 17.3 Å². The molecule has 0 amide bonds. The molecule has 0 atom stereocenters. The normalized spacial score (nSPS) is 10.8. The maximum absolute atomic E-state index is 6.06. The lowest BCUT2D eigenvalue weighted by molar-refractivity contribution is 0.870. The molecule has 0 saturated carbocycles. The van der Waals surface area contributed by atoms with Crippen molar-refractivity contribution in [2.45, 2.75) is 19.8 Å². The van der Waals surface area contributed by atoms with Crippen molar-refractivity contribution in [1.82, 2.24) is 0 Å². The zero-order valence-electron chi connectivity index (χ0n) is 10.1. The van der Waals surface area contributed by atoms with E-state index < -0.39 is 0 Å². The molecule has 1 nitrogen and oxygen atoms in total. The second kappa shape index (κ2) is 4.80. The van der Waals surface area contributed by atoms with Gasteiger partial charge in [0, 0.05) is 10.7 Å². The van der Waals surface area contributed by atoms with Gasteiger partial charge in [-0.25, -0.2) is 0 Å². The van der Waals surface area contributed by atoms with Gasteiger partial charge in [-0.2, -0.15) is 0 Å². The second-order valence-corrected chi connectivity index (χ2v) is 4.94. The molecule has 2 rings (SSSR count).